The van der Waals surface area contributed by atoms with E-state index in [0.29, 0.717) is 6.54 Å². The maximum Gasteiger partial charge on any atom is 0.227 e. The lowest BCUT2D eigenvalue weighted by Gasteiger charge is -2.26. The second kappa shape index (κ2) is 6.71. The molecular formula is C16H25NO2. The predicted octanol–water partition coefficient (Wildman–Crippen LogP) is 2.70. The van der Waals surface area contributed by atoms with E-state index in [9.17, 15) is 9.90 Å². The topological polar surface area (TPSA) is 49.3 Å². The van der Waals surface area contributed by atoms with Crippen molar-refractivity contribution in [3.05, 3.63) is 35.9 Å². The van der Waals surface area contributed by atoms with Gasteiger partial charge in [-0.2, -0.15) is 0 Å². The van der Waals surface area contributed by atoms with Crippen LogP contribution in [0.25, 0.3) is 0 Å². The molecule has 106 valence electrons. The number of nitrogens with one attached hydrogen (secondary N) is 1. The summed E-state index contributed by atoms with van der Waals surface area (Å²) in [6.45, 7) is 8.16. The molecule has 2 N–H and O–H groups in total. The Balaban J connectivity index is 2.61. The summed E-state index contributed by atoms with van der Waals surface area (Å²) >= 11 is 0. The summed E-state index contributed by atoms with van der Waals surface area (Å²) in [5, 5.41) is 12.8. The highest BCUT2D eigenvalue weighted by molar-refractivity contribution is 5.83. The summed E-state index contributed by atoms with van der Waals surface area (Å²) in [6.07, 6.45) is 0.214. The van der Waals surface area contributed by atoms with Gasteiger partial charge in [0.05, 0.1) is 12.0 Å². The number of hydrogen-bond acceptors (Lipinski definition) is 2. The van der Waals surface area contributed by atoms with Crippen molar-refractivity contribution >= 4 is 5.91 Å². The van der Waals surface area contributed by atoms with Crippen LogP contribution in [-0.4, -0.2) is 23.7 Å². The van der Waals surface area contributed by atoms with Crippen LogP contribution in [0.3, 0.4) is 0 Å². The molecule has 0 bridgehead atoms. The van der Waals surface area contributed by atoms with E-state index < -0.39 is 6.10 Å². The second-order valence-corrected chi connectivity index (χ2v) is 6.00. The van der Waals surface area contributed by atoms with Gasteiger partial charge in [0, 0.05) is 6.54 Å². The minimum Gasteiger partial charge on any atom is -0.391 e. The summed E-state index contributed by atoms with van der Waals surface area (Å²) in [5.74, 6) is -0.162. The van der Waals surface area contributed by atoms with E-state index in [1.54, 1.807) is 0 Å². The van der Waals surface area contributed by atoms with Crippen molar-refractivity contribution in [1.82, 2.24) is 5.32 Å². The van der Waals surface area contributed by atoms with Crippen LogP contribution in [0.1, 0.15) is 45.6 Å². The molecule has 0 saturated heterocycles. The van der Waals surface area contributed by atoms with Gasteiger partial charge in [0.15, 0.2) is 0 Å². The first-order valence-electron chi connectivity index (χ1n) is 6.87. The third-order valence-corrected chi connectivity index (χ3v) is 3.40. The maximum atomic E-state index is 12.2. The van der Waals surface area contributed by atoms with Gasteiger partial charge in [0.2, 0.25) is 5.91 Å². The molecule has 0 aliphatic carbocycles. The molecule has 1 aromatic rings. The molecule has 3 nitrogen and oxygen atoms in total. The first kappa shape index (κ1) is 15.7. The van der Waals surface area contributed by atoms with E-state index in [1.165, 1.54) is 0 Å². The number of rotatable bonds is 5. The van der Waals surface area contributed by atoms with E-state index in [4.69, 9.17) is 0 Å². The van der Waals surface area contributed by atoms with Crippen LogP contribution in [0.15, 0.2) is 30.3 Å². The van der Waals surface area contributed by atoms with Crippen LogP contribution in [0.2, 0.25) is 0 Å². The van der Waals surface area contributed by atoms with Gasteiger partial charge in [-0.3, -0.25) is 4.79 Å². The molecule has 0 aromatic heterocycles. The largest absolute Gasteiger partial charge is 0.391 e. The smallest absolute Gasteiger partial charge is 0.227 e. The fourth-order valence-electron chi connectivity index (χ4n) is 1.88. The summed E-state index contributed by atoms with van der Waals surface area (Å²) in [7, 11) is 0. The number of amides is 1. The van der Waals surface area contributed by atoms with Crippen molar-refractivity contribution < 1.29 is 9.90 Å². The Morgan fingerprint density at radius 3 is 2.32 bits per heavy atom. The van der Waals surface area contributed by atoms with Crippen LogP contribution in [-0.2, 0) is 4.79 Å². The van der Waals surface area contributed by atoms with Crippen molar-refractivity contribution in [3.63, 3.8) is 0 Å². The van der Waals surface area contributed by atoms with Gasteiger partial charge in [-0.15, -0.1) is 0 Å². The molecule has 0 saturated carbocycles. The summed E-state index contributed by atoms with van der Waals surface area (Å²) in [5.41, 5.74) is 0.801. The van der Waals surface area contributed by atoms with E-state index in [-0.39, 0.29) is 17.2 Å². The molecule has 0 aliphatic heterocycles. The lowest BCUT2D eigenvalue weighted by Crippen LogP contribution is -2.40. The highest BCUT2D eigenvalue weighted by atomic mass is 16.3. The zero-order valence-corrected chi connectivity index (χ0v) is 12.3. The lowest BCUT2D eigenvalue weighted by molar-refractivity contribution is -0.123. The zero-order valence-electron chi connectivity index (χ0n) is 12.3. The Morgan fingerprint density at radius 2 is 1.84 bits per heavy atom. The standard InChI is InChI=1S/C16H25NO2/c1-5-13(12-9-7-6-8-10-12)15(19)17-11-14(18)16(2,3)4/h6-10,13-14,18H,5,11H2,1-4H3,(H,17,19). The third-order valence-electron chi connectivity index (χ3n) is 3.40. The molecule has 0 heterocycles. The average molecular weight is 263 g/mol. The number of hydrogen-bond donors (Lipinski definition) is 2. The van der Waals surface area contributed by atoms with E-state index in [0.717, 1.165) is 12.0 Å². The molecule has 1 aromatic carbocycles. The van der Waals surface area contributed by atoms with Gasteiger partial charge < -0.3 is 10.4 Å². The Hall–Kier alpha value is -1.35. The summed E-state index contributed by atoms with van der Waals surface area (Å²) in [4.78, 5) is 12.2. The maximum absolute atomic E-state index is 12.2. The SMILES string of the molecule is CCC(C(=O)NCC(O)C(C)(C)C)c1ccccc1. The Morgan fingerprint density at radius 1 is 1.26 bits per heavy atom. The molecular weight excluding hydrogens is 238 g/mol. The van der Waals surface area contributed by atoms with Crippen molar-refractivity contribution in [2.45, 2.75) is 46.1 Å². The van der Waals surface area contributed by atoms with Crippen LogP contribution in [0, 0.1) is 5.41 Å². The molecule has 0 aliphatic rings. The number of aliphatic hydroxyl groups is 1. The van der Waals surface area contributed by atoms with Crippen molar-refractivity contribution in [3.8, 4) is 0 Å². The molecule has 2 unspecified atom stereocenters. The minimum atomic E-state index is -0.537. The van der Waals surface area contributed by atoms with Crippen LogP contribution in [0.4, 0.5) is 0 Å². The molecule has 0 radical (unpaired) electrons. The Labute approximate surface area is 116 Å². The molecule has 3 heteroatoms. The molecule has 0 spiro atoms. The van der Waals surface area contributed by atoms with Gasteiger partial charge in [0.1, 0.15) is 0 Å². The second-order valence-electron chi connectivity index (χ2n) is 6.00. The van der Waals surface area contributed by atoms with E-state index in [2.05, 4.69) is 5.32 Å². The third kappa shape index (κ3) is 4.67. The normalized spacial score (nSPS) is 14.8. The average Bonchev–Trinajstić information content (AvgIpc) is 2.37. The number of carbonyl (C=O) groups is 1. The zero-order chi connectivity index (χ0) is 14.5. The first-order chi connectivity index (χ1) is 8.86. The molecule has 19 heavy (non-hydrogen) atoms. The minimum absolute atomic E-state index is 0.0167. The molecule has 1 rings (SSSR count). The Kier molecular flexibility index (Phi) is 5.55. The molecule has 1 amide bonds. The Bertz CT molecular complexity index is 395. The van der Waals surface area contributed by atoms with E-state index in [1.807, 2.05) is 58.0 Å². The highest BCUT2D eigenvalue weighted by Gasteiger charge is 2.24. The van der Waals surface area contributed by atoms with Gasteiger partial charge in [0.25, 0.3) is 0 Å². The fraction of sp³-hybridized carbons (Fsp3) is 0.562. The van der Waals surface area contributed by atoms with Gasteiger partial charge >= 0.3 is 0 Å². The first-order valence-corrected chi connectivity index (χ1v) is 6.87. The number of benzene rings is 1. The number of carbonyl (C=O) groups excluding carboxylic acids is 1. The monoisotopic (exact) mass is 263 g/mol. The van der Waals surface area contributed by atoms with Crippen LogP contribution < -0.4 is 5.32 Å². The molecule has 0 fully saturated rings. The van der Waals surface area contributed by atoms with Crippen molar-refractivity contribution in [2.75, 3.05) is 6.54 Å². The van der Waals surface area contributed by atoms with E-state index >= 15 is 0 Å². The lowest BCUT2D eigenvalue weighted by atomic mass is 9.89. The highest BCUT2D eigenvalue weighted by Crippen LogP contribution is 2.21. The predicted molar refractivity (Wildman–Crippen MR) is 77.9 cm³/mol. The van der Waals surface area contributed by atoms with Gasteiger partial charge in [-0.1, -0.05) is 58.0 Å². The summed E-state index contributed by atoms with van der Waals surface area (Å²) in [6, 6.07) is 9.75. The quantitative estimate of drug-likeness (QED) is 0.858. The fourth-order valence-corrected chi connectivity index (χ4v) is 1.88. The van der Waals surface area contributed by atoms with Gasteiger partial charge in [-0.05, 0) is 17.4 Å². The van der Waals surface area contributed by atoms with Gasteiger partial charge in [-0.25, -0.2) is 0 Å². The number of aliphatic hydroxyl groups excluding tert-OH is 1. The molecule has 2 atom stereocenters. The van der Waals surface area contributed by atoms with Crippen LogP contribution in [0.5, 0.6) is 0 Å². The van der Waals surface area contributed by atoms with Crippen molar-refractivity contribution in [1.29, 1.82) is 0 Å². The van der Waals surface area contributed by atoms with Crippen molar-refractivity contribution in [2.24, 2.45) is 5.41 Å². The van der Waals surface area contributed by atoms with Crippen LogP contribution >= 0.6 is 0 Å². The summed E-state index contributed by atoms with van der Waals surface area (Å²) < 4.78 is 0.